The molecule has 0 bridgehead atoms. The summed E-state index contributed by atoms with van der Waals surface area (Å²) in [4.78, 5) is 29.3. The molecule has 0 saturated heterocycles. The third-order valence-electron chi connectivity index (χ3n) is 4.72. The van der Waals surface area contributed by atoms with E-state index in [9.17, 15) is 9.59 Å². The van der Waals surface area contributed by atoms with Crippen molar-refractivity contribution in [1.29, 1.82) is 0 Å². The Morgan fingerprint density at radius 1 is 1.04 bits per heavy atom. The first-order chi connectivity index (χ1) is 12.2. The maximum absolute atomic E-state index is 12.5. The SMILES string of the molecule is CC(C(=O)NCc1ccc(C(C)(C)C)cc1)c1ccc2[nH]c(=O)[nH]c2c1. The van der Waals surface area contributed by atoms with Gasteiger partial charge in [-0.1, -0.05) is 51.1 Å². The Morgan fingerprint density at radius 2 is 1.69 bits per heavy atom. The van der Waals surface area contributed by atoms with Crippen molar-refractivity contribution in [1.82, 2.24) is 15.3 Å². The van der Waals surface area contributed by atoms with Crippen molar-refractivity contribution < 1.29 is 4.79 Å². The molecule has 0 aliphatic rings. The van der Waals surface area contributed by atoms with E-state index in [1.807, 2.05) is 25.1 Å². The van der Waals surface area contributed by atoms with Crippen LogP contribution in [0.4, 0.5) is 0 Å². The van der Waals surface area contributed by atoms with Gasteiger partial charge < -0.3 is 15.3 Å². The average molecular weight is 351 g/mol. The van der Waals surface area contributed by atoms with E-state index in [-0.39, 0.29) is 22.9 Å². The van der Waals surface area contributed by atoms with Gasteiger partial charge in [0.15, 0.2) is 0 Å². The third kappa shape index (κ3) is 3.87. The van der Waals surface area contributed by atoms with Gasteiger partial charge in [0.05, 0.1) is 17.0 Å². The van der Waals surface area contributed by atoms with Gasteiger partial charge in [-0.15, -0.1) is 0 Å². The number of benzene rings is 2. The number of carbonyl (C=O) groups excluding carboxylic acids is 1. The summed E-state index contributed by atoms with van der Waals surface area (Å²) in [5, 5.41) is 2.99. The fraction of sp³-hybridized carbons (Fsp3) is 0.333. The Hall–Kier alpha value is -2.82. The van der Waals surface area contributed by atoms with Gasteiger partial charge in [-0.3, -0.25) is 4.79 Å². The van der Waals surface area contributed by atoms with Crippen molar-refractivity contribution >= 4 is 16.9 Å². The van der Waals surface area contributed by atoms with Crippen LogP contribution in [-0.4, -0.2) is 15.9 Å². The van der Waals surface area contributed by atoms with E-state index in [1.165, 1.54) is 5.56 Å². The molecule has 0 saturated carbocycles. The standard InChI is InChI=1S/C21H25N3O2/c1-13(15-7-10-17-18(11-15)24-20(26)23-17)19(25)22-12-14-5-8-16(9-6-14)21(2,3)4/h5-11,13H,12H2,1-4H3,(H,22,25)(H2,23,24,26). The number of rotatable bonds is 4. The summed E-state index contributed by atoms with van der Waals surface area (Å²) in [6.45, 7) is 8.90. The Balaban J connectivity index is 1.65. The minimum Gasteiger partial charge on any atom is -0.352 e. The monoisotopic (exact) mass is 351 g/mol. The lowest BCUT2D eigenvalue weighted by atomic mass is 9.87. The van der Waals surface area contributed by atoms with Gasteiger partial charge in [-0.2, -0.15) is 0 Å². The highest BCUT2D eigenvalue weighted by Gasteiger charge is 2.16. The zero-order valence-electron chi connectivity index (χ0n) is 15.6. The van der Waals surface area contributed by atoms with Crippen molar-refractivity contribution in [3.8, 4) is 0 Å². The van der Waals surface area contributed by atoms with Crippen LogP contribution >= 0.6 is 0 Å². The fourth-order valence-electron chi connectivity index (χ4n) is 2.94. The third-order valence-corrected chi connectivity index (χ3v) is 4.72. The summed E-state index contributed by atoms with van der Waals surface area (Å²) in [6.07, 6.45) is 0. The van der Waals surface area contributed by atoms with E-state index < -0.39 is 0 Å². The molecule has 26 heavy (non-hydrogen) atoms. The molecule has 3 rings (SSSR count). The minimum absolute atomic E-state index is 0.0397. The van der Waals surface area contributed by atoms with E-state index in [2.05, 4.69) is 60.3 Å². The molecule has 1 amide bonds. The number of fused-ring (bicyclic) bond motifs is 1. The topological polar surface area (TPSA) is 77.8 Å². The molecule has 0 aliphatic carbocycles. The largest absolute Gasteiger partial charge is 0.352 e. The fourth-order valence-corrected chi connectivity index (χ4v) is 2.94. The van der Waals surface area contributed by atoms with Crippen molar-refractivity contribution in [2.75, 3.05) is 0 Å². The van der Waals surface area contributed by atoms with Gasteiger partial charge in [0, 0.05) is 6.54 Å². The molecule has 0 radical (unpaired) electrons. The van der Waals surface area contributed by atoms with Crippen molar-refractivity contribution in [3.63, 3.8) is 0 Å². The first kappa shape index (κ1) is 18.0. The van der Waals surface area contributed by atoms with Crippen LogP contribution in [0, 0.1) is 0 Å². The van der Waals surface area contributed by atoms with Crippen LogP contribution < -0.4 is 11.0 Å². The van der Waals surface area contributed by atoms with E-state index in [4.69, 9.17) is 0 Å². The molecule has 2 aromatic carbocycles. The number of amides is 1. The Morgan fingerprint density at radius 3 is 2.35 bits per heavy atom. The molecule has 3 N–H and O–H groups in total. The molecule has 5 heteroatoms. The first-order valence-corrected chi connectivity index (χ1v) is 8.83. The number of carbonyl (C=O) groups is 1. The quantitative estimate of drug-likeness (QED) is 0.672. The van der Waals surface area contributed by atoms with Crippen LogP contribution in [0.3, 0.4) is 0 Å². The molecule has 1 heterocycles. The molecular weight excluding hydrogens is 326 g/mol. The molecule has 1 unspecified atom stereocenters. The lowest BCUT2D eigenvalue weighted by molar-refractivity contribution is -0.122. The van der Waals surface area contributed by atoms with Gasteiger partial charge in [-0.05, 0) is 41.2 Å². The zero-order chi connectivity index (χ0) is 18.9. The van der Waals surface area contributed by atoms with Gasteiger partial charge >= 0.3 is 5.69 Å². The first-order valence-electron chi connectivity index (χ1n) is 8.83. The van der Waals surface area contributed by atoms with E-state index in [1.54, 1.807) is 0 Å². The maximum Gasteiger partial charge on any atom is 0.323 e. The normalized spacial score (nSPS) is 12.9. The smallest absolute Gasteiger partial charge is 0.323 e. The Labute approximate surface area is 152 Å². The van der Waals surface area contributed by atoms with Crippen LogP contribution in [0.1, 0.15) is 50.3 Å². The summed E-state index contributed by atoms with van der Waals surface area (Å²) >= 11 is 0. The predicted molar refractivity (Wildman–Crippen MR) is 104 cm³/mol. The molecule has 3 aromatic rings. The predicted octanol–water partition coefficient (Wildman–Crippen LogP) is 3.57. The lowest BCUT2D eigenvalue weighted by Crippen LogP contribution is -2.27. The summed E-state index contributed by atoms with van der Waals surface area (Å²) < 4.78 is 0. The second-order valence-corrected chi connectivity index (χ2v) is 7.77. The number of aromatic nitrogens is 2. The highest BCUT2D eigenvalue weighted by atomic mass is 16.2. The molecular formula is C21H25N3O2. The number of aromatic amines is 2. The van der Waals surface area contributed by atoms with Crippen LogP contribution in [-0.2, 0) is 16.8 Å². The number of H-pyrrole nitrogens is 2. The minimum atomic E-state index is -0.299. The zero-order valence-corrected chi connectivity index (χ0v) is 15.6. The van der Waals surface area contributed by atoms with Gasteiger partial charge in [0.1, 0.15) is 0 Å². The lowest BCUT2D eigenvalue weighted by Gasteiger charge is -2.19. The number of hydrogen-bond acceptors (Lipinski definition) is 2. The second kappa shape index (κ2) is 6.83. The molecule has 1 aromatic heterocycles. The summed E-state index contributed by atoms with van der Waals surface area (Å²) in [6, 6.07) is 13.9. The highest BCUT2D eigenvalue weighted by Crippen LogP contribution is 2.22. The average Bonchev–Trinajstić information content (AvgIpc) is 2.97. The van der Waals surface area contributed by atoms with Gasteiger partial charge in [0.2, 0.25) is 5.91 Å². The van der Waals surface area contributed by atoms with E-state index in [0.29, 0.717) is 12.1 Å². The Bertz CT molecular complexity index is 975. The van der Waals surface area contributed by atoms with Crippen LogP contribution in [0.5, 0.6) is 0 Å². The molecule has 136 valence electrons. The van der Waals surface area contributed by atoms with Crippen molar-refractivity contribution in [3.05, 3.63) is 69.6 Å². The second-order valence-electron chi connectivity index (χ2n) is 7.77. The number of imidazole rings is 1. The number of hydrogen-bond donors (Lipinski definition) is 3. The summed E-state index contributed by atoms with van der Waals surface area (Å²) in [7, 11) is 0. The van der Waals surface area contributed by atoms with Gasteiger partial charge in [-0.25, -0.2) is 4.79 Å². The van der Waals surface area contributed by atoms with Crippen LogP contribution in [0.2, 0.25) is 0 Å². The Kier molecular flexibility index (Phi) is 4.72. The van der Waals surface area contributed by atoms with Gasteiger partial charge in [0.25, 0.3) is 0 Å². The van der Waals surface area contributed by atoms with Crippen LogP contribution in [0.15, 0.2) is 47.3 Å². The van der Waals surface area contributed by atoms with E-state index >= 15 is 0 Å². The van der Waals surface area contributed by atoms with Crippen LogP contribution in [0.25, 0.3) is 11.0 Å². The highest BCUT2D eigenvalue weighted by molar-refractivity contribution is 5.85. The van der Waals surface area contributed by atoms with Crippen molar-refractivity contribution in [2.45, 2.75) is 45.6 Å². The molecule has 0 spiro atoms. The number of nitrogens with one attached hydrogen (secondary N) is 3. The van der Waals surface area contributed by atoms with Crippen molar-refractivity contribution in [2.24, 2.45) is 0 Å². The maximum atomic E-state index is 12.5. The molecule has 1 atom stereocenters. The van der Waals surface area contributed by atoms with E-state index in [0.717, 1.165) is 16.6 Å². The molecule has 0 fully saturated rings. The molecule has 0 aliphatic heterocycles. The molecule has 5 nitrogen and oxygen atoms in total. The summed E-state index contributed by atoms with van der Waals surface area (Å²) in [5.41, 5.74) is 4.55. The summed E-state index contributed by atoms with van der Waals surface area (Å²) in [5.74, 6) is -0.339.